The minimum Gasteiger partial charge on any atom is -0.494 e. The number of hydrogen-bond acceptors (Lipinski definition) is 4. The summed E-state index contributed by atoms with van der Waals surface area (Å²) in [7, 11) is 1.21. The summed E-state index contributed by atoms with van der Waals surface area (Å²) in [6.07, 6.45) is 0. The fourth-order valence-electron chi connectivity index (χ4n) is 1.25. The molecule has 0 aliphatic carbocycles. The fourth-order valence-corrected chi connectivity index (χ4v) is 1.25. The van der Waals surface area contributed by atoms with Gasteiger partial charge in [0, 0.05) is 6.07 Å². The summed E-state index contributed by atoms with van der Waals surface area (Å²) in [5.74, 6) is -4.15. The molecule has 1 rings (SSSR count). The van der Waals surface area contributed by atoms with Crippen LogP contribution < -0.4 is 9.47 Å². The van der Waals surface area contributed by atoms with Crippen LogP contribution in [0, 0.1) is 5.82 Å². The molecule has 0 saturated heterocycles. The molecular weight excluding hydrogens is 231 g/mol. The van der Waals surface area contributed by atoms with Gasteiger partial charge in [0.2, 0.25) is 0 Å². The highest BCUT2D eigenvalue weighted by Crippen LogP contribution is 2.27. The highest BCUT2D eigenvalue weighted by molar-refractivity contribution is 6.40. The van der Waals surface area contributed by atoms with Crippen LogP contribution in [0.1, 0.15) is 17.3 Å². The van der Waals surface area contributed by atoms with E-state index in [2.05, 4.69) is 0 Å². The Hall–Kier alpha value is -2.11. The van der Waals surface area contributed by atoms with Gasteiger partial charge >= 0.3 is 5.97 Å². The Morgan fingerprint density at radius 3 is 2.53 bits per heavy atom. The Bertz CT molecular complexity index is 455. The Morgan fingerprint density at radius 2 is 2.06 bits per heavy atom. The van der Waals surface area contributed by atoms with Gasteiger partial charge in [0.15, 0.2) is 11.6 Å². The summed E-state index contributed by atoms with van der Waals surface area (Å²) in [4.78, 5) is 21.8. The van der Waals surface area contributed by atoms with Crippen molar-refractivity contribution < 1.29 is 28.6 Å². The minimum absolute atomic E-state index is 0.176. The van der Waals surface area contributed by atoms with Gasteiger partial charge in [-0.2, -0.15) is 0 Å². The molecule has 17 heavy (non-hydrogen) atoms. The van der Waals surface area contributed by atoms with Crippen molar-refractivity contribution in [1.82, 2.24) is 0 Å². The second-order valence-corrected chi connectivity index (χ2v) is 3.05. The van der Waals surface area contributed by atoms with Gasteiger partial charge in [0.25, 0.3) is 5.78 Å². The van der Waals surface area contributed by atoms with Crippen LogP contribution in [-0.2, 0) is 4.79 Å². The quantitative estimate of drug-likeness (QED) is 0.625. The second kappa shape index (κ2) is 5.29. The van der Waals surface area contributed by atoms with Gasteiger partial charge in [0.05, 0.1) is 19.3 Å². The number of aliphatic carboxylic acids is 1. The van der Waals surface area contributed by atoms with Crippen LogP contribution in [0.5, 0.6) is 11.5 Å². The van der Waals surface area contributed by atoms with Gasteiger partial charge in [-0.25, -0.2) is 9.18 Å². The lowest BCUT2D eigenvalue weighted by Crippen LogP contribution is -2.15. The minimum atomic E-state index is -1.74. The van der Waals surface area contributed by atoms with E-state index in [1.807, 2.05) is 0 Å². The van der Waals surface area contributed by atoms with E-state index in [4.69, 9.17) is 14.6 Å². The third-order valence-corrected chi connectivity index (χ3v) is 1.98. The van der Waals surface area contributed by atoms with Gasteiger partial charge in [-0.3, -0.25) is 4.79 Å². The Kier molecular flexibility index (Phi) is 4.03. The van der Waals surface area contributed by atoms with E-state index in [0.717, 1.165) is 6.07 Å². The maximum Gasteiger partial charge on any atom is 0.377 e. The first-order valence-electron chi connectivity index (χ1n) is 4.79. The van der Waals surface area contributed by atoms with Crippen LogP contribution >= 0.6 is 0 Å². The van der Waals surface area contributed by atoms with E-state index in [1.165, 1.54) is 13.2 Å². The molecule has 0 amide bonds. The normalized spacial score (nSPS) is 9.82. The molecule has 0 radical (unpaired) electrons. The molecule has 1 aromatic rings. The summed E-state index contributed by atoms with van der Waals surface area (Å²) >= 11 is 0. The molecule has 0 bridgehead atoms. The number of ketones is 1. The van der Waals surface area contributed by atoms with Gasteiger partial charge in [0.1, 0.15) is 5.75 Å². The number of carboxylic acids is 1. The number of ether oxygens (including phenoxy) is 2. The predicted octanol–water partition coefficient (Wildman–Crippen LogP) is 1.50. The molecule has 0 unspecified atom stereocenters. The summed E-state index contributed by atoms with van der Waals surface area (Å²) in [5.41, 5.74) is -0.583. The number of rotatable bonds is 5. The molecule has 0 fully saturated rings. The maximum absolute atomic E-state index is 13.6. The number of methoxy groups -OCH3 is 1. The SMILES string of the molecule is CCOc1cc(OC)c(F)c(C(=O)C(=O)O)c1. The Balaban J connectivity index is 3.31. The first kappa shape index (κ1) is 13.0. The first-order chi connectivity index (χ1) is 8.01. The van der Waals surface area contributed by atoms with E-state index in [1.54, 1.807) is 6.92 Å². The van der Waals surface area contributed by atoms with E-state index in [-0.39, 0.29) is 11.5 Å². The molecule has 0 aliphatic rings. The molecule has 0 heterocycles. The van der Waals surface area contributed by atoms with Gasteiger partial charge in [-0.15, -0.1) is 0 Å². The van der Waals surface area contributed by atoms with Gasteiger partial charge < -0.3 is 14.6 Å². The highest BCUT2D eigenvalue weighted by Gasteiger charge is 2.23. The topological polar surface area (TPSA) is 72.8 Å². The van der Waals surface area contributed by atoms with Crippen LogP contribution in [0.25, 0.3) is 0 Å². The lowest BCUT2D eigenvalue weighted by molar-refractivity contribution is -0.131. The van der Waals surface area contributed by atoms with Crippen molar-refractivity contribution in [2.75, 3.05) is 13.7 Å². The summed E-state index contributed by atoms with van der Waals surface area (Å²) in [6, 6.07) is 2.29. The Labute approximate surface area is 96.8 Å². The number of halogens is 1. The number of Topliss-reactive ketones (excluding diaryl/α,β-unsaturated/α-hetero) is 1. The van der Waals surface area contributed by atoms with E-state index in [0.29, 0.717) is 6.61 Å². The number of hydrogen-bond donors (Lipinski definition) is 1. The molecule has 1 aromatic carbocycles. The zero-order valence-electron chi connectivity index (χ0n) is 9.32. The number of carbonyl (C=O) groups excluding carboxylic acids is 1. The first-order valence-corrected chi connectivity index (χ1v) is 4.79. The average Bonchev–Trinajstić information content (AvgIpc) is 2.30. The van der Waals surface area contributed by atoms with Crippen LogP contribution in [0.3, 0.4) is 0 Å². The molecule has 1 N–H and O–H groups in total. The monoisotopic (exact) mass is 242 g/mol. The van der Waals surface area contributed by atoms with Crippen LogP contribution in [-0.4, -0.2) is 30.6 Å². The van der Waals surface area contributed by atoms with Crippen molar-refractivity contribution in [1.29, 1.82) is 0 Å². The van der Waals surface area contributed by atoms with Crippen molar-refractivity contribution in [2.24, 2.45) is 0 Å². The van der Waals surface area contributed by atoms with Crippen LogP contribution in [0.4, 0.5) is 4.39 Å². The van der Waals surface area contributed by atoms with E-state index < -0.39 is 23.1 Å². The number of carbonyl (C=O) groups is 2. The van der Waals surface area contributed by atoms with Gasteiger partial charge in [-0.1, -0.05) is 0 Å². The van der Waals surface area contributed by atoms with Crippen LogP contribution in [0.2, 0.25) is 0 Å². The molecular formula is C11H11FO5. The smallest absolute Gasteiger partial charge is 0.377 e. The third-order valence-electron chi connectivity index (χ3n) is 1.98. The van der Waals surface area contributed by atoms with Gasteiger partial charge in [-0.05, 0) is 13.0 Å². The molecule has 92 valence electrons. The van der Waals surface area contributed by atoms with Crippen molar-refractivity contribution in [3.63, 3.8) is 0 Å². The highest BCUT2D eigenvalue weighted by atomic mass is 19.1. The molecule has 0 spiro atoms. The summed E-state index contributed by atoms with van der Waals surface area (Å²) < 4.78 is 23.4. The van der Waals surface area contributed by atoms with Crippen molar-refractivity contribution in [2.45, 2.75) is 6.92 Å². The lowest BCUT2D eigenvalue weighted by Gasteiger charge is -2.09. The third kappa shape index (κ3) is 2.72. The standard InChI is InChI=1S/C11H11FO5/c1-3-17-6-4-7(10(13)11(14)15)9(12)8(5-6)16-2/h4-5H,3H2,1-2H3,(H,14,15). The maximum atomic E-state index is 13.6. The van der Waals surface area contributed by atoms with E-state index >= 15 is 0 Å². The zero-order valence-corrected chi connectivity index (χ0v) is 9.32. The van der Waals surface area contributed by atoms with Crippen molar-refractivity contribution >= 4 is 11.8 Å². The molecule has 5 nitrogen and oxygen atoms in total. The molecule has 0 aromatic heterocycles. The van der Waals surface area contributed by atoms with E-state index in [9.17, 15) is 14.0 Å². The summed E-state index contributed by atoms with van der Waals surface area (Å²) in [6.45, 7) is 2.00. The summed E-state index contributed by atoms with van der Waals surface area (Å²) in [5, 5.41) is 8.55. The fraction of sp³-hybridized carbons (Fsp3) is 0.273. The van der Waals surface area contributed by atoms with Crippen molar-refractivity contribution in [3.05, 3.63) is 23.5 Å². The molecule has 0 aliphatic heterocycles. The lowest BCUT2D eigenvalue weighted by atomic mass is 10.1. The van der Waals surface area contributed by atoms with Crippen molar-refractivity contribution in [3.8, 4) is 11.5 Å². The number of carboxylic acid groups (broad SMARTS) is 1. The van der Waals surface area contributed by atoms with Crippen LogP contribution in [0.15, 0.2) is 12.1 Å². The largest absolute Gasteiger partial charge is 0.494 e. The molecule has 0 atom stereocenters. The predicted molar refractivity (Wildman–Crippen MR) is 56.1 cm³/mol. The average molecular weight is 242 g/mol. The number of benzene rings is 1. The second-order valence-electron chi connectivity index (χ2n) is 3.05. The molecule has 6 heteroatoms. The molecule has 0 saturated carbocycles. The Morgan fingerprint density at radius 1 is 1.41 bits per heavy atom. The zero-order chi connectivity index (χ0) is 13.0.